The Morgan fingerprint density at radius 3 is 2.44 bits per heavy atom. The number of fused-ring (bicyclic) bond motifs is 2. The van der Waals surface area contributed by atoms with Gasteiger partial charge in [-0.05, 0) is 39.7 Å². The maximum Gasteiger partial charge on any atom is 0.410 e. The van der Waals surface area contributed by atoms with Crippen molar-refractivity contribution in [3.05, 3.63) is 29.8 Å². The predicted molar refractivity (Wildman–Crippen MR) is 87.7 cm³/mol. The molecule has 1 aromatic heterocycles. The van der Waals surface area contributed by atoms with Crippen molar-refractivity contribution in [1.82, 2.24) is 9.88 Å². The molecule has 3 rings (SSSR count). The fourth-order valence-corrected chi connectivity index (χ4v) is 3.52. The van der Waals surface area contributed by atoms with Gasteiger partial charge >= 0.3 is 6.09 Å². The molecule has 2 atom stereocenters. The number of pyridine rings is 1. The van der Waals surface area contributed by atoms with Crippen LogP contribution in [0.4, 0.5) is 9.18 Å². The lowest BCUT2D eigenvalue weighted by molar-refractivity contribution is -0.0861. The summed E-state index contributed by atoms with van der Waals surface area (Å²) in [5.41, 5.74) is -0.304. The predicted octanol–water partition coefficient (Wildman–Crippen LogP) is 2.82. The van der Waals surface area contributed by atoms with E-state index in [0.717, 1.165) is 6.20 Å². The summed E-state index contributed by atoms with van der Waals surface area (Å²) in [6.45, 7) is 6.22. The largest absolute Gasteiger partial charge is 0.444 e. The molecule has 2 fully saturated rings. The normalized spacial score (nSPS) is 26.2. The van der Waals surface area contributed by atoms with E-state index in [9.17, 15) is 14.0 Å². The molecule has 0 aliphatic carbocycles. The summed E-state index contributed by atoms with van der Waals surface area (Å²) in [7, 11) is 0. The molecule has 6 nitrogen and oxygen atoms in total. The number of ketones is 1. The monoisotopic (exact) mass is 350 g/mol. The van der Waals surface area contributed by atoms with Crippen LogP contribution in [0.15, 0.2) is 18.5 Å². The Bertz CT molecular complexity index is 659. The summed E-state index contributed by atoms with van der Waals surface area (Å²) < 4.78 is 24.4. The molecule has 1 amide bonds. The second-order valence-corrected chi connectivity index (χ2v) is 7.66. The molecule has 136 valence electrons. The SMILES string of the molecule is CC(C)(C)OC(=O)N1C2COCC1CC(C(=O)c1cncc(F)c1)C2. The molecule has 0 N–H and O–H groups in total. The van der Waals surface area contributed by atoms with Crippen LogP contribution in [-0.4, -0.2) is 52.7 Å². The van der Waals surface area contributed by atoms with E-state index in [-0.39, 0.29) is 35.4 Å². The van der Waals surface area contributed by atoms with Gasteiger partial charge in [-0.25, -0.2) is 9.18 Å². The van der Waals surface area contributed by atoms with E-state index in [0.29, 0.717) is 26.1 Å². The van der Waals surface area contributed by atoms with Crippen molar-refractivity contribution in [2.45, 2.75) is 51.3 Å². The van der Waals surface area contributed by atoms with Gasteiger partial charge in [0.05, 0.1) is 31.5 Å². The second-order valence-electron chi connectivity index (χ2n) is 7.66. The topological polar surface area (TPSA) is 68.7 Å². The highest BCUT2D eigenvalue weighted by Crippen LogP contribution is 2.34. The summed E-state index contributed by atoms with van der Waals surface area (Å²) >= 11 is 0. The zero-order chi connectivity index (χ0) is 18.2. The van der Waals surface area contributed by atoms with Crippen molar-refractivity contribution in [2.75, 3.05) is 13.2 Å². The van der Waals surface area contributed by atoms with Crippen LogP contribution in [0.5, 0.6) is 0 Å². The standard InChI is InChI=1S/C18H23FN2O4/c1-18(2,3)25-17(23)21-14-5-11(6-15(21)10-24-9-14)16(22)12-4-13(19)8-20-7-12/h4,7-8,11,14-15H,5-6,9-10H2,1-3H3. The number of piperidine rings is 1. The van der Waals surface area contributed by atoms with Gasteiger partial charge in [0.25, 0.3) is 0 Å². The minimum atomic E-state index is -0.577. The number of nitrogens with zero attached hydrogens (tertiary/aromatic N) is 2. The van der Waals surface area contributed by atoms with Crippen LogP contribution in [0, 0.1) is 11.7 Å². The molecule has 0 saturated carbocycles. The van der Waals surface area contributed by atoms with Crippen molar-refractivity contribution in [3.8, 4) is 0 Å². The minimum Gasteiger partial charge on any atom is -0.444 e. The first-order valence-corrected chi connectivity index (χ1v) is 8.48. The van der Waals surface area contributed by atoms with Gasteiger partial charge in [-0.1, -0.05) is 0 Å². The van der Waals surface area contributed by atoms with Crippen molar-refractivity contribution in [2.24, 2.45) is 5.92 Å². The fraction of sp³-hybridized carbons (Fsp3) is 0.611. The van der Waals surface area contributed by atoms with Crippen molar-refractivity contribution in [3.63, 3.8) is 0 Å². The fourth-order valence-electron chi connectivity index (χ4n) is 3.52. The highest BCUT2D eigenvalue weighted by molar-refractivity contribution is 5.97. The highest BCUT2D eigenvalue weighted by Gasteiger charge is 2.45. The third-order valence-electron chi connectivity index (χ3n) is 4.48. The maximum absolute atomic E-state index is 13.3. The molecule has 25 heavy (non-hydrogen) atoms. The Labute approximate surface area is 146 Å². The van der Waals surface area contributed by atoms with Crippen LogP contribution in [0.1, 0.15) is 44.0 Å². The Morgan fingerprint density at radius 1 is 1.24 bits per heavy atom. The average Bonchev–Trinajstić information content (AvgIpc) is 2.51. The quantitative estimate of drug-likeness (QED) is 0.767. The van der Waals surface area contributed by atoms with Gasteiger partial charge in [0.1, 0.15) is 11.4 Å². The molecule has 2 unspecified atom stereocenters. The molecule has 0 aromatic carbocycles. The molecular formula is C18H23FN2O4. The summed E-state index contributed by atoms with van der Waals surface area (Å²) in [5, 5.41) is 0. The second kappa shape index (κ2) is 6.71. The molecule has 1 aromatic rings. The number of Topliss-reactive ketones (excluding diaryl/α,β-unsaturated/α-hetero) is 1. The van der Waals surface area contributed by atoms with Crippen LogP contribution >= 0.6 is 0 Å². The van der Waals surface area contributed by atoms with Crippen LogP contribution < -0.4 is 0 Å². The molecule has 0 radical (unpaired) electrons. The van der Waals surface area contributed by atoms with Gasteiger partial charge in [0.2, 0.25) is 0 Å². The molecule has 7 heteroatoms. The molecule has 0 spiro atoms. The number of morpholine rings is 1. The smallest absolute Gasteiger partial charge is 0.410 e. The number of ether oxygens (including phenoxy) is 2. The maximum atomic E-state index is 13.3. The Hall–Kier alpha value is -2.02. The first-order valence-electron chi connectivity index (χ1n) is 8.48. The number of rotatable bonds is 2. The van der Waals surface area contributed by atoms with E-state index in [1.807, 2.05) is 20.8 Å². The van der Waals surface area contributed by atoms with Gasteiger partial charge in [-0.2, -0.15) is 0 Å². The van der Waals surface area contributed by atoms with E-state index in [1.165, 1.54) is 12.3 Å². The van der Waals surface area contributed by atoms with E-state index in [4.69, 9.17) is 9.47 Å². The zero-order valence-electron chi connectivity index (χ0n) is 14.7. The van der Waals surface area contributed by atoms with Crippen molar-refractivity contribution < 1.29 is 23.5 Å². The summed E-state index contributed by atoms with van der Waals surface area (Å²) in [5.74, 6) is -0.936. The molecule has 2 bridgehead atoms. The van der Waals surface area contributed by atoms with Gasteiger partial charge in [0, 0.05) is 17.7 Å². The Morgan fingerprint density at radius 2 is 1.88 bits per heavy atom. The zero-order valence-corrected chi connectivity index (χ0v) is 14.7. The lowest BCUT2D eigenvalue weighted by Gasteiger charge is -2.47. The van der Waals surface area contributed by atoms with E-state index in [1.54, 1.807) is 4.90 Å². The number of carbonyl (C=O) groups is 2. The lowest BCUT2D eigenvalue weighted by Crippen LogP contribution is -2.60. The first kappa shape index (κ1) is 17.8. The van der Waals surface area contributed by atoms with Gasteiger partial charge in [-0.3, -0.25) is 14.7 Å². The van der Waals surface area contributed by atoms with Crippen LogP contribution in [0.2, 0.25) is 0 Å². The number of hydrogen-bond donors (Lipinski definition) is 0. The van der Waals surface area contributed by atoms with Gasteiger partial charge in [0.15, 0.2) is 5.78 Å². The van der Waals surface area contributed by atoms with Gasteiger partial charge in [-0.15, -0.1) is 0 Å². The number of carbonyl (C=O) groups excluding carboxylic acids is 2. The first-order chi connectivity index (χ1) is 11.7. The summed E-state index contributed by atoms with van der Waals surface area (Å²) in [6, 6.07) is 0.789. The van der Waals surface area contributed by atoms with Crippen LogP contribution in [0.25, 0.3) is 0 Å². The lowest BCUT2D eigenvalue weighted by atomic mass is 9.81. The molecule has 2 aliphatic heterocycles. The minimum absolute atomic E-state index is 0.132. The molecule has 3 heterocycles. The van der Waals surface area contributed by atoms with E-state index < -0.39 is 11.4 Å². The number of amides is 1. The molecule has 2 saturated heterocycles. The summed E-state index contributed by atoms with van der Waals surface area (Å²) in [6.07, 6.45) is 3.04. The Balaban J connectivity index is 1.75. The van der Waals surface area contributed by atoms with Crippen LogP contribution in [-0.2, 0) is 9.47 Å². The van der Waals surface area contributed by atoms with E-state index in [2.05, 4.69) is 4.98 Å². The van der Waals surface area contributed by atoms with E-state index >= 15 is 0 Å². The molecule has 2 aliphatic rings. The number of halogens is 1. The average molecular weight is 350 g/mol. The summed E-state index contributed by atoms with van der Waals surface area (Å²) in [4.78, 5) is 30.7. The third kappa shape index (κ3) is 3.98. The van der Waals surface area contributed by atoms with Crippen LogP contribution in [0.3, 0.4) is 0 Å². The van der Waals surface area contributed by atoms with Gasteiger partial charge < -0.3 is 9.47 Å². The number of hydrogen-bond acceptors (Lipinski definition) is 5. The third-order valence-corrected chi connectivity index (χ3v) is 4.48. The van der Waals surface area contributed by atoms with Crippen molar-refractivity contribution in [1.29, 1.82) is 0 Å². The molecular weight excluding hydrogens is 327 g/mol. The Kier molecular flexibility index (Phi) is 4.77. The number of aromatic nitrogens is 1. The van der Waals surface area contributed by atoms with Crippen molar-refractivity contribution >= 4 is 11.9 Å². The highest BCUT2D eigenvalue weighted by atomic mass is 19.1.